The molecular formula is C16H23FN2O. The van der Waals surface area contributed by atoms with Crippen LogP contribution in [0.5, 0.6) is 0 Å². The van der Waals surface area contributed by atoms with Crippen molar-refractivity contribution >= 4 is 5.91 Å². The molecule has 4 heteroatoms. The SMILES string of the molecule is C[C@H](NCC(=O)N1CCCCCC1)c1cccc(F)c1. The summed E-state index contributed by atoms with van der Waals surface area (Å²) in [5.41, 5.74) is 0.869. The number of hydrogen-bond acceptors (Lipinski definition) is 2. The van der Waals surface area contributed by atoms with Gasteiger partial charge in [-0.1, -0.05) is 25.0 Å². The van der Waals surface area contributed by atoms with Crippen LogP contribution in [0.1, 0.15) is 44.2 Å². The van der Waals surface area contributed by atoms with Crippen LogP contribution >= 0.6 is 0 Å². The first-order valence-electron chi connectivity index (χ1n) is 7.43. The maximum atomic E-state index is 13.2. The zero-order chi connectivity index (χ0) is 14.4. The number of hydrogen-bond donors (Lipinski definition) is 1. The van der Waals surface area contributed by atoms with Gasteiger partial charge in [0.2, 0.25) is 5.91 Å². The minimum Gasteiger partial charge on any atom is -0.342 e. The Morgan fingerprint density at radius 2 is 2.00 bits per heavy atom. The fourth-order valence-electron chi connectivity index (χ4n) is 2.57. The second-order valence-corrected chi connectivity index (χ2v) is 5.45. The molecule has 0 aromatic heterocycles. The minimum atomic E-state index is -0.241. The van der Waals surface area contributed by atoms with Crippen LogP contribution in [0, 0.1) is 5.82 Å². The lowest BCUT2D eigenvalue weighted by Crippen LogP contribution is -2.39. The Bertz CT molecular complexity index is 442. The van der Waals surface area contributed by atoms with Gasteiger partial charge in [0.1, 0.15) is 5.82 Å². The van der Waals surface area contributed by atoms with Gasteiger partial charge >= 0.3 is 0 Å². The highest BCUT2D eigenvalue weighted by Crippen LogP contribution is 2.14. The van der Waals surface area contributed by atoms with Crippen LogP contribution in [0.15, 0.2) is 24.3 Å². The highest BCUT2D eigenvalue weighted by atomic mass is 19.1. The van der Waals surface area contributed by atoms with Crippen LogP contribution < -0.4 is 5.32 Å². The fourth-order valence-corrected chi connectivity index (χ4v) is 2.57. The van der Waals surface area contributed by atoms with E-state index < -0.39 is 0 Å². The van der Waals surface area contributed by atoms with E-state index in [2.05, 4.69) is 5.32 Å². The van der Waals surface area contributed by atoms with Gasteiger partial charge in [0.25, 0.3) is 0 Å². The molecule has 1 heterocycles. The summed E-state index contributed by atoms with van der Waals surface area (Å²) in [6.07, 6.45) is 4.64. The maximum Gasteiger partial charge on any atom is 0.236 e. The smallest absolute Gasteiger partial charge is 0.236 e. The van der Waals surface area contributed by atoms with Gasteiger partial charge in [0, 0.05) is 19.1 Å². The average molecular weight is 278 g/mol. The Hall–Kier alpha value is -1.42. The molecule has 1 aromatic carbocycles. The third-order valence-electron chi connectivity index (χ3n) is 3.87. The summed E-state index contributed by atoms with van der Waals surface area (Å²) in [5.74, 6) is -0.0925. The summed E-state index contributed by atoms with van der Waals surface area (Å²) >= 11 is 0. The lowest BCUT2D eigenvalue weighted by molar-refractivity contribution is -0.130. The summed E-state index contributed by atoms with van der Waals surface area (Å²) in [6.45, 7) is 4.01. The quantitative estimate of drug-likeness (QED) is 0.918. The lowest BCUT2D eigenvalue weighted by atomic mass is 10.1. The second-order valence-electron chi connectivity index (χ2n) is 5.45. The number of likely N-dealkylation sites (tertiary alicyclic amines) is 1. The average Bonchev–Trinajstić information content (AvgIpc) is 2.73. The number of nitrogens with zero attached hydrogens (tertiary/aromatic N) is 1. The summed E-state index contributed by atoms with van der Waals surface area (Å²) in [6, 6.07) is 6.48. The van der Waals surface area contributed by atoms with Gasteiger partial charge in [-0.15, -0.1) is 0 Å². The van der Waals surface area contributed by atoms with E-state index in [1.165, 1.54) is 25.0 Å². The summed E-state index contributed by atoms with van der Waals surface area (Å²) in [5, 5.41) is 3.19. The van der Waals surface area contributed by atoms with E-state index in [4.69, 9.17) is 0 Å². The second kappa shape index (κ2) is 7.39. The zero-order valence-corrected chi connectivity index (χ0v) is 12.1. The summed E-state index contributed by atoms with van der Waals surface area (Å²) in [4.78, 5) is 14.1. The van der Waals surface area contributed by atoms with Crippen LogP contribution in [-0.2, 0) is 4.79 Å². The van der Waals surface area contributed by atoms with E-state index in [1.807, 2.05) is 17.9 Å². The van der Waals surface area contributed by atoms with Crippen molar-refractivity contribution in [1.82, 2.24) is 10.2 Å². The van der Waals surface area contributed by atoms with E-state index in [0.717, 1.165) is 31.5 Å². The normalized spacial score (nSPS) is 17.6. The molecule has 1 atom stereocenters. The highest BCUT2D eigenvalue weighted by Gasteiger charge is 2.16. The number of rotatable bonds is 4. The van der Waals surface area contributed by atoms with Crippen molar-refractivity contribution in [2.24, 2.45) is 0 Å². The highest BCUT2D eigenvalue weighted by molar-refractivity contribution is 5.78. The largest absolute Gasteiger partial charge is 0.342 e. The van der Waals surface area contributed by atoms with E-state index in [-0.39, 0.29) is 17.8 Å². The molecule has 1 aliphatic heterocycles. The molecule has 1 aliphatic rings. The van der Waals surface area contributed by atoms with Crippen molar-refractivity contribution in [3.63, 3.8) is 0 Å². The lowest BCUT2D eigenvalue weighted by Gasteiger charge is -2.22. The maximum absolute atomic E-state index is 13.2. The Labute approximate surface area is 120 Å². The Kier molecular flexibility index (Phi) is 5.53. The topological polar surface area (TPSA) is 32.3 Å². The zero-order valence-electron chi connectivity index (χ0n) is 12.1. The molecule has 1 N–H and O–H groups in total. The molecule has 20 heavy (non-hydrogen) atoms. The first kappa shape index (κ1) is 15.0. The molecule has 0 unspecified atom stereocenters. The Morgan fingerprint density at radius 3 is 2.65 bits per heavy atom. The molecule has 3 nitrogen and oxygen atoms in total. The van der Waals surface area contributed by atoms with Gasteiger partial charge < -0.3 is 10.2 Å². The molecule has 1 fully saturated rings. The van der Waals surface area contributed by atoms with Crippen molar-refractivity contribution in [2.75, 3.05) is 19.6 Å². The summed E-state index contributed by atoms with van der Waals surface area (Å²) < 4.78 is 13.2. The third kappa shape index (κ3) is 4.30. The molecular weight excluding hydrogens is 255 g/mol. The van der Waals surface area contributed by atoms with Crippen molar-refractivity contribution in [3.05, 3.63) is 35.6 Å². The van der Waals surface area contributed by atoms with Gasteiger partial charge in [-0.3, -0.25) is 4.79 Å². The van der Waals surface area contributed by atoms with Crippen LogP contribution in [0.4, 0.5) is 4.39 Å². The van der Waals surface area contributed by atoms with Crippen molar-refractivity contribution in [2.45, 2.75) is 38.6 Å². The first-order chi connectivity index (χ1) is 9.66. The predicted molar refractivity (Wildman–Crippen MR) is 77.9 cm³/mol. The van der Waals surface area contributed by atoms with Gasteiger partial charge in [-0.05, 0) is 37.5 Å². The van der Waals surface area contributed by atoms with Crippen LogP contribution in [0.3, 0.4) is 0 Å². The van der Waals surface area contributed by atoms with Gasteiger partial charge in [0.05, 0.1) is 6.54 Å². The Balaban J connectivity index is 1.83. The van der Waals surface area contributed by atoms with Crippen LogP contribution in [0.25, 0.3) is 0 Å². The molecule has 0 saturated carbocycles. The number of carbonyl (C=O) groups is 1. The number of carbonyl (C=O) groups excluding carboxylic acids is 1. The van der Waals surface area contributed by atoms with E-state index >= 15 is 0 Å². The molecule has 0 radical (unpaired) electrons. The molecule has 0 aliphatic carbocycles. The number of benzene rings is 1. The van der Waals surface area contributed by atoms with E-state index in [0.29, 0.717) is 6.54 Å². The molecule has 110 valence electrons. The van der Waals surface area contributed by atoms with Crippen LogP contribution in [0.2, 0.25) is 0 Å². The van der Waals surface area contributed by atoms with Gasteiger partial charge in [0.15, 0.2) is 0 Å². The molecule has 1 saturated heterocycles. The number of halogens is 1. The van der Waals surface area contributed by atoms with E-state index in [9.17, 15) is 9.18 Å². The molecule has 0 spiro atoms. The van der Waals surface area contributed by atoms with Crippen molar-refractivity contribution in [3.8, 4) is 0 Å². The van der Waals surface area contributed by atoms with E-state index in [1.54, 1.807) is 6.07 Å². The van der Waals surface area contributed by atoms with Gasteiger partial charge in [-0.25, -0.2) is 4.39 Å². The Morgan fingerprint density at radius 1 is 1.30 bits per heavy atom. The monoisotopic (exact) mass is 278 g/mol. The molecule has 0 bridgehead atoms. The third-order valence-corrected chi connectivity index (χ3v) is 3.87. The first-order valence-corrected chi connectivity index (χ1v) is 7.43. The molecule has 2 rings (SSSR count). The van der Waals surface area contributed by atoms with Crippen LogP contribution in [-0.4, -0.2) is 30.4 Å². The fraction of sp³-hybridized carbons (Fsp3) is 0.562. The molecule has 1 amide bonds. The number of nitrogens with one attached hydrogen (secondary N) is 1. The standard InChI is InChI=1S/C16H23FN2O/c1-13(14-7-6-8-15(17)11-14)18-12-16(20)19-9-4-2-3-5-10-19/h6-8,11,13,18H,2-5,9-10,12H2,1H3/t13-/m0/s1. The van der Waals surface area contributed by atoms with Gasteiger partial charge in [-0.2, -0.15) is 0 Å². The van der Waals surface area contributed by atoms with Crippen molar-refractivity contribution < 1.29 is 9.18 Å². The minimum absolute atomic E-state index is 0.0263. The summed E-state index contributed by atoms with van der Waals surface area (Å²) in [7, 11) is 0. The predicted octanol–water partition coefficient (Wildman–Crippen LogP) is 2.88. The molecule has 1 aromatic rings. The van der Waals surface area contributed by atoms with Crippen molar-refractivity contribution in [1.29, 1.82) is 0 Å². The number of amides is 1.